The maximum absolute atomic E-state index is 12.9. The molecular weight excluding hydrogens is 331 g/mol. The molecule has 0 atom stereocenters. The highest BCUT2D eigenvalue weighted by Crippen LogP contribution is 2.60. The van der Waals surface area contributed by atoms with Crippen molar-refractivity contribution in [1.29, 1.82) is 0 Å². The second kappa shape index (κ2) is 5.92. The minimum absolute atomic E-state index is 0.00779. The van der Waals surface area contributed by atoms with Crippen molar-refractivity contribution in [3.63, 3.8) is 0 Å². The van der Waals surface area contributed by atoms with Gasteiger partial charge in [0.2, 0.25) is 5.91 Å². The smallest absolute Gasteiger partial charge is 0.405 e. The fourth-order valence-electron chi connectivity index (χ4n) is 5.63. The van der Waals surface area contributed by atoms with Gasteiger partial charge >= 0.3 is 6.36 Å². The molecule has 1 aromatic carbocycles. The van der Waals surface area contributed by atoms with Crippen LogP contribution < -0.4 is 10.1 Å². The molecule has 4 bridgehead atoms. The molecule has 0 radical (unpaired) electrons. The molecule has 0 spiro atoms. The van der Waals surface area contributed by atoms with Gasteiger partial charge in [0, 0.05) is 17.5 Å². The van der Waals surface area contributed by atoms with E-state index in [9.17, 15) is 18.0 Å². The predicted octanol–water partition coefficient (Wildman–Crippen LogP) is 4.42. The number of para-hydroxylation sites is 1. The third-order valence-corrected chi connectivity index (χ3v) is 6.16. The zero-order chi connectivity index (χ0) is 17.7. The highest BCUT2D eigenvalue weighted by molar-refractivity contribution is 5.83. The molecule has 4 fully saturated rings. The van der Waals surface area contributed by atoms with E-state index in [0.717, 1.165) is 19.3 Å². The standard InChI is InChI=1S/C19H22F3NO2/c20-19(21,22)25-16-4-2-1-3-15(16)11-23-17(24)18-8-12-5-13(9-18)7-14(6-12)10-18/h1-4,12-14H,5-11H2,(H,23,24). The van der Waals surface area contributed by atoms with E-state index in [1.165, 1.54) is 31.4 Å². The molecule has 25 heavy (non-hydrogen) atoms. The van der Waals surface area contributed by atoms with E-state index in [1.54, 1.807) is 12.1 Å². The van der Waals surface area contributed by atoms with E-state index >= 15 is 0 Å². The Bertz CT molecular complexity index is 636. The van der Waals surface area contributed by atoms with Crippen LogP contribution in [0.4, 0.5) is 13.2 Å². The number of amides is 1. The zero-order valence-electron chi connectivity index (χ0n) is 13.9. The van der Waals surface area contributed by atoms with Crippen molar-refractivity contribution < 1.29 is 22.7 Å². The summed E-state index contributed by atoms with van der Waals surface area (Å²) >= 11 is 0. The number of hydrogen-bond donors (Lipinski definition) is 1. The maximum atomic E-state index is 12.9. The highest BCUT2D eigenvalue weighted by atomic mass is 19.4. The molecule has 3 nitrogen and oxygen atoms in total. The number of nitrogens with one attached hydrogen (secondary N) is 1. The fourth-order valence-corrected chi connectivity index (χ4v) is 5.63. The van der Waals surface area contributed by atoms with Gasteiger partial charge in [0.15, 0.2) is 0 Å². The van der Waals surface area contributed by atoms with Crippen LogP contribution in [-0.4, -0.2) is 12.3 Å². The molecule has 0 unspecified atom stereocenters. The number of carbonyl (C=O) groups excluding carboxylic acids is 1. The number of rotatable bonds is 4. The van der Waals surface area contributed by atoms with Crippen LogP contribution in [0, 0.1) is 23.2 Å². The third-order valence-electron chi connectivity index (χ3n) is 6.16. The zero-order valence-corrected chi connectivity index (χ0v) is 13.9. The number of halogens is 3. The van der Waals surface area contributed by atoms with Crippen LogP contribution in [0.25, 0.3) is 0 Å². The topological polar surface area (TPSA) is 38.3 Å². The summed E-state index contributed by atoms with van der Waals surface area (Å²) in [5.41, 5.74) is 0.0482. The second-order valence-electron chi connectivity index (χ2n) is 8.04. The van der Waals surface area contributed by atoms with Crippen molar-refractivity contribution in [2.75, 3.05) is 0 Å². The summed E-state index contributed by atoms with van der Waals surface area (Å²) in [6, 6.07) is 5.97. The Morgan fingerprint density at radius 1 is 1.08 bits per heavy atom. The van der Waals surface area contributed by atoms with E-state index in [2.05, 4.69) is 10.1 Å². The van der Waals surface area contributed by atoms with Crippen LogP contribution in [-0.2, 0) is 11.3 Å². The lowest BCUT2D eigenvalue weighted by Gasteiger charge is -2.55. The molecule has 136 valence electrons. The van der Waals surface area contributed by atoms with Crippen LogP contribution in [0.2, 0.25) is 0 Å². The molecule has 1 aromatic rings. The first-order chi connectivity index (χ1) is 11.8. The first kappa shape index (κ1) is 16.7. The largest absolute Gasteiger partial charge is 0.573 e. The SMILES string of the molecule is O=C(NCc1ccccc1OC(F)(F)F)C12CC3CC(CC(C3)C1)C2. The second-order valence-corrected chi connectivity index (χ2v) is 8.04. The predicted molar refractivity (Wildman–Crippen MR) is 85.6 cm³/mol. The Labute approximate surface area is 144 Å². The molecule has 0 aromatic heterocycles. The van der Waals surface area contributed by atoms with Crippen LogP contribution >= 0.6 is 0 Å². The van der Waals surface area contributed by atoms with E-state index in [0.29, 0.717) is 23.3 Å². The van der Waals surface area contributed by atoms with Crippen LogP contribution in [0.1, 0.15) is 44.1 Å². The van der Waals surface area contributed by atoms with E-state index in [1.807, 2.05) is 0 Å². The molecule has 4 saturated carbocycles. The van der Waals surface area contributed by atoms with Gasteiger partial charge in [-0.1, -0.05) is 18.2 Å². The minimum Gasteiger partial charge on any atom is -0.405 e. The number of benzene rings is 1. The average molecular weight is 353 g/mol. The van der Waals surface area contributed by atoms with Gasteiger partial charge in [-0.25, -0.2) is 0 Å². The van der Waals surface area contributed by atoms with Gasteiger partial charge in [-0.2, -0.15) is 0 Å². The van der Waals surface area contributed by atoms with Crippen LogP contribution in [0.5, 0.6) is 5.75 Å². The Morgan fingerprint density at radius 3 is 2.20 bits per heavy atom. The lowest BCUT2D eigenvalue weighted by molar-refractivity contribution is -0.274. The molecule has 0 aliphatic heterocycles. The van der Waals surface area contributed by atoms with Crippen LogP contribution in [0.3, 0.4) is 0 Å². The van der Waals surface area contributed by atoms with E-state index in [4.69, 9.17) is 0 Å². The lowest BCUT2D eigenvalue weighted by Crippen LogP contribution is -2.53. The highest BCUT2D eigenvalue weighted by Gasteiger charge is 2.54. The summed E-state index contributed by atoms with van der Waals surface area (Å²) in [6.45, 7) is 0.0623. The average Bonchev–Trinajstić information content (AvgIpc) is 2.51. The van der Waals surface area contributed by atoms with Gasteiger partial charge in [0.1, 0.15) is 5.75 Å². The van der Waals surface area contributed by atoms with Crippen molar-refractivity contribution in [2.45, 2.75) is 51.4 Å². The van der Waals surface area contributed by atoms with Gasteiger partial charge in [-0.3, -0.25) is 4.79 Å². The lowest BCUT2D eigenvalue weighted by atomic mass is 9.49. The molecule has 1 N–H and O–H groups in total. The Balaban J connectivity index is 1.45. The first-order valence-corrected chi connectivity index (χ1v) is 8.95. The molecule has 6 heteroatoms. The number of carbonyl (C=O) groups is 1. The first-order valence-electron chi connectivity index (χ1n) is 8.95. The van der Waals surface area contributed by atoms with Crippen molar-refractivity contribution >= 4 is 5.91 Å². The number of hydrogen-bond acceptors (Lipinski definition) is 2. The quantitative estimate of drug-likeness (QED) is 0.870. The van der Waals surface area contributed by atoms with Crippen molar-refractivity contribution in [3.8, 4) is 5.75 Å². The molecule has 0 saturated heterocycles. The molecule has 4 aliphatic rings. The van der Waals surface area contributed by atoms with E-state index in [-0.39, 0.29) is 23.6 Å². The molecular formula is C19H22F3NO2. The maximum Gasteiger partial charge on any atom is 0.573 e. The third kappa shape index (κ3) is 3.35. The van der Waals surface area contributed by atoms with Gasteiger partial charge in [0.05, 0.1) is 0 Å². The van der Waals surface area contributed by atoms with Crippen LogP contribution in [0.15, 0.2) is 24.3 Å². The van der Waals surface area contributed by atoms with E-state index < -0.39 is 6.36 Å². The Kier molecular flexibility index (Phi) is 3.96. The van der Waals surface area contributed by atoms with Crippen molar-refractivity contribution in [1.82, 2.24) is 5.32 Å². The minimum atomic E-state index is -4.74. The summed E-state index contributed by atoms with van der Waals surface area (Å²) in [5.74, 6) is 1.71. The number of ether oxygens (including phenoxy) is 1. The van der Waals surface area contributed by atoms with Gasteiger partial charge in [-0.05, 0) is 62.3 Å². The normalized spacial score (nSPS) is 33.3. The Hall–Kier alpha value is -1.72. The van der Waals surface area contributed by atoms with Crippen molar-refractivity contribution in [2.24, 2.45) is 23.2 Å². The molecule has 1 amide bonds. The number of alkyl halides is 3. The van der Waals surface area contributed by atoms with Crippen molar-refractivity contribution in [3.05, 3.63) is 29.8 Å². The summed E-state index contributed by atoms with van der Waals surface area (Å²) in [6.07, 6.45) is 1.81. The fraction of sp³-hybridized carbons (Fsp3) is 0.632. The van der Waals surface area contributed by atoms with Gasteiger partial charge < -0.3 is 10.1 Å². The van der Waals surface area contributed by atoms with Gasteiger partial charge in [0.25, 0.3) is 0 Å². The Morgan fingerprint density at radius 2 is 1.64 bits per heavy atom. The van der Waals surface area contributed by atoms with Gasteiger partial charge in [-0.15, -0.1) is 13.2 Å². The summed E-state index contributed by atoms with van der Waals surface area (Å²) in [5, 5.41) is 2.90. The summed E-state index contributed by atoms with van der Waals surface area (Å²) < 4.78 is 41.6. The summed E-state index contributed by atoms with van der Waals surface area (Å²) in [4.78, 5) is 12.9. The molecule has 0 heterocycles. The molecule has 5 rings (SSSR count). The molecule has 4 aliphatic carbocycles. The monoisotopic (exact) mass is 353 g/mol. The summed E-state index contributed by atoms with van der Waals surface area (Å²) in [7, 11) is 0.